The van der Waals surface area contributed by atoms with Gasteiger partial charge in [-0.3, -0.25) is 4.79 Å². The Hall–Kier alpha value is -2.59. The minimum atomic E-state index is -0.155. The van der Waals surface area contributed by atoms with Crippen molar-refractivity contribution < 1.29 is 14.5 Å². The number of rotatable bonds is 7. The number of nitrogens with one attached hydrogen (secondary N) is 1. The van der Waals surface area contributed by atoms with Crippen molar-refractivity contribution in [1.29, 1.82) is 0 Å². The second-order valence-corrected chi connectivity index (χ2v) is 7.10. The molecule has 0 spiro atoms. The molecule has 1 heterocycles. The molecule has 26 heavy (non-hydrogen) atoms. The summed E-state index contributed by atoms with van der Waals surface area (Å²) in [4.78, 5) is 12.4. The fourth-order valence-corrected chi connectivity index (χ4v) is 3.29. The highest BCUT2D eigenvalue weighted by atomic mass is 16.3. The molecule has 3 N–H and O–H groups in total. The number of benzene rings is 2. The first kappa shape index (κ1) is 18.2. The normalized spacial score (nSPS) is 13.7. The molecular formula is C22H27N2O2+. The number of hydrogen-bond donors (Lipinski definition) is 2. The fourth-order valence-electron chi connectivity index (χ4n) is 3.29. The molecule has 0 fully saturated rings. The maximum atomic E-state index is 12.4. The number of quaternary nitrogens is 1. The van der Waals surface area contributed by atoms with E-state index in [4.69, 9.17) is 4.42 Å². The van der Waals surface area contributed by atoms with E-state index >= 15 is 0 Å². The van der Waals surface area contributed by atoms with Crippen molar-refractivity contribution in [2.24, 2.45) is 5.92 Å². The van der Waals surface area contributed by atoms with Crippen LogP contribution in [0.15, 0.2) is 65.1 Å². The summed E-state index contributed by atoms with van der Waals surface area (Å²) in [5, 5.41) is 6.21. The zero-order valence-corrected chi connectivity index (χ0v) is 15.6. The lowest BCUT2D eigenvalue weighted by atomic mass is 9.96. The molecule has 0 unspecified atom stereocenters. The average Bonchev–Trinajstić information content (AvgIpc) is 3.07. The number of carbonyl (C=O) groups excluding carboxylic acids is 1. The SMILES string of the molecule is CC(C)[C@@H]([NH2+]CC(=O)N[C@@H](C)c1cc2ccccc2o1)c1ccccc1. The van der Waals surface area contributed by atoms with Gasteiger partial charge >= 0.3 is 0 Å². The van der Waals surface area contributed by atoms with Crippen LogP contribution in [0.5, 0.6) is 0 Å². The summed E-state index contributed by atoms with van der Waals surface area (Å²) >= 11 is 0. The van der Waals surface area contributed by atoms with Crippen LogP contribution >= 0.6 is 0 Å². The van der Waals surface area contributed by atoms with Gasteiger partial charge in [0.15, 0.2) is 6.54 Å². The predicted molar refractivity (Wildman–Crippen MR) is 104 cm³/mol. The van der Waals surface area contributed by atoms with Gasteiger partial charge in [0, 0.05) is 16.9 Å². The van der Waals surface area contributed by atoms with Gasteiger partial charge in [0.2, 0.25) is 0 Å². The molecule has 3 rings (SSSR count). The number of hydrogen-bond acceptors (Lipinski definition) is 2. The van der Waals surface area contributed by atoms with Crippen LogP contribution in [-0.2, 0) is 4.79 Å². The molecule has 0 saturated carbocycles. The van der Waals surface area contributed by atoms with Gasteiger partial charge in [-0.15, -0.1) is 0 Å². The van der Waals surface area contributed by atoms with Crippen molar-refractivity contribution in [3.05, 3.63) is 72.0 Å². The third-order valence-electron chi connectivity index (χ3n) is 4.71. The van der Waals surface area contributed by atoms with Crippen molar-refractivity contribution in [3.63, 3.8) is 0 Å². The molecule has 0 saturated heterocycles. The van der Waals surface area contributed by atoms with Crippen LogP contribution in [0.1, 0.15) is 44.2 Å². The maximum Gasteiger partial charge on any atom is 0.275 e. The molecule has 1 amide bonds. The fraction of sp³-hybridized carbons (Fsp3) is 0.318. The Kier molecular flexibility index (Phi) is 5.74. The summed E-state index contributed by atoms with van der Waals surface area (Å²) in [5.41, 5.74) is 2.10. The minimum Gasteiger partial charge on any atom is -0.459 e. The Morgan fingerprint density at radius 2 is 1.73 bits per heavy atom. The van der Waals surface area contributed by atoms with Crippen molar-refractivity contribution >= 4 is 16.9 Å². The molecule has 4 nitrogen and oxygen atoms in total. The monoisotopic (exact) mass is 351 g/mol. The van der Waals surface area contributed by atoms with E-state index in [1.54, 1.807) is 0 Å². The number of furan rings is 1. The van der Waals surface area contributed by atoms with E-state index in [2.05, 4.69) is 36.6 Å². The first-order valence-corrected chi connectivity index (χ1v) is 9.20. The van der Waals surface area contributed by atoms with E-state index < -0.39 is 0 Å². The Labute approximate surface area is 154 Å². The Bertz CT molecular complexity index is 822. The Balaban J connectivity index is 1.59. The van der Waals surface area contributed by atoms with Gasteiger partial charge in [-0.1, -0.05) is 62.4 Å². The quantitative estimate of drug-likeness (QED) is 0.684. The molecule has 2 aromatic carbocycles. The lowest BCUT2D eigenvalue weighted by Gasteiger charge is -2.20. The van der Waals surface area contributed by atoms with Gasteiger partial charge < -0.3 is 15.1 Å². The summed E-state index contributed by atoms with van der Waals surface area (Å²) in [6.45, 7) is 6.71. The number of nitrogens with two attached hydrogens (primary N) is 1. The highest BCUT2D eigenvalue weighted by Crippen LogP contribution is 2.23. The topological polar surface area (TPSA) is 58.9 Å². The van der Waals surface area contributed by atoms with Crippen LogP contribution in [0.2, 0.25) is 0 Å². The van der Waals surface area contributed by atoms with Crippen LogP contribution < -0.4 is 10.6 Å². The summed E-state index contributed by atoms with van der Waals surface area (Å²) in [6, 6.07) is 20.3. The first-order chi connectivity index (χ1) is 12.5. The molecule has 0 bridgehead atoms. The second-order valence-electron chi connectivity index (χ2n) is 7.10. The van der Waals surface area contributed by atoms with Crippen molar-refractivity contribution in [2.45, 2.75) is 32.9 Å². The lowest BCUT2D eigenvalue weighted by Crippen LogP contribution is -2.88. The molecule has 0 aliphatic heterocycles. The molecule has 1 aromatic heterocycles. The number of amides is 1. The Morgan fingerprint density at radius 3 is 2.42 bits per heavy atom. The van der Waals surface area contributed by atoms with Gasteiger partial charge in [-0.05, 0) is 19.1 Å². The number of para-hydroxylation sites is 1. The van der Waals surface area contributed by atoms with Gasteiger partial charge in [0.05, 0.1) is 6.04 Å². The van der Waals surface area contributed by atoms with Gasteiger partial charge in [-0.25, -0.2) is 0 Å². The lowest BCUT2D eigenvalue weighted by molar-refractivity contribution is -0.692. The van der Waals surface area contributed by atoms with E-state index in [0.29, 0.717) is 12.5 Å². The summed E-state index contributed by atoms with van der Waals surface area (Å²) in [7, 11) is 0. The summed E-state index contributed by atoms with van der Waals surface area (Å²) < 4.78 is 5.84. The van der Waals surface area contributed by atoms with Crippen LogP contribution in [-0.4, -0.2) is 12.5 Å². The largest absolute Gasteiger partial charge is 0.459 e. The molecular weight excluding hydrogens is 324 g/mol. The minimum absolute atomic E-state index is 0.0135. The van der Waals surface area contributed by atoms with Crippen LogP contribution in [0.4, 0.5) is 0 Å². The highest BCUT2D eigenvalue weighted by molar-refractivity contribution is 5.79. The molecule has 2 atom stereocenters. The third-order valence-corrected chi connectivity index (χ3v) is 4.71. The smallest absolute Gasteiger partial charge is 0.275 e. The van der Waals surface area contributed by atoms with Crippen LogP contribution in [0, 0.1) is 5.92 Å². The molecule has 0 aliphatic rings. The average molecular weight is 351 g/mol. The van der Waals surface area contributed by atoms with Gasteiger partial charge in [0.25, 0.3) is 5.91 Å². The molecule has 0 radical (unpaired) electrons. The van der Waals surface area contributed by atoms with E-state index in [9.17, 15) is 4.79 Å². The van der Waals surface area contributed by atoms with Crippen molar-refractivity contribution in [2.75, 3.05) is 6.54 Å². The van der Waals surface area contributed by atoms with Gasteiger partial charge in [-0.2, -0.15) is 0 Å². The summed E-state index contributed by atoms with van der Waals surface area (Å²) in [5.74, 6) is 1.24. The molecule has 136 valence electrons. The first-order valence-electron chi connectivity index (χ1n) is 9.20. The van der Waals surface area contributed by atoms with Gasteiger partial charge in [0.1, 0.15) is 17.4 Å². The maximum absolute atomic E-state index is 12.4. The van der Waals surface area contributed by atoms with E-state index in [1.807, 2.05) is 55.5 Å². The molecule has 4 heteroatoms. The third kappa shape index (κ3) is 4.33. The van der Waals surface area contributed by atoms with E-state index in [1.165, 1.54) is 5.56 Å². The van der Waals surface area contributed by atoms with E-state index in [0.717, 1.165) is 16.7 Å². The Morgan fingerprint density at radius 1 is 1.04 bits per heavy atom. The second kappa shape index (κ2) is 8.19. The van der Waals surface area contributed by atoms with Crippen molar-refractivity contribution in [3.8, 4) is 0 Å². The number of fused-ring (bicyclic) bond motifs is 1. The van der Waals surface area contributed by atoms with Crippen molar-refractivity contribution in [1.82, 2.24) is 5.32 Å². The molecule has 3 aromatic rings. The predicted octanol–water partition coefficient (Wildman–Crippen LogP) is 3.57. The zero-order valence-electron chi connectivity index (χ0n) is 15.6. The summed E-state index contributed by atoms with van der Waals surface area (Å²) in [6.07, 6.45) is 0. The number of carbonyl (C=O) groups is 1. The molecule has 0 aliphatic carbocycles. The standard InChI is InChI=1S/C22H26N2O2/c1-15(2)22(17-9-5-4-6-10-17)23-14-21(25)24-16(3)20-13-18-11-7-8-12-19(18)26-20/h4-13,15-16,22-23H,14H2,1-3H3,(H,24,25)/p+1/t16-,22+/m0/s1. The zero-order chi connectivity index (χ0) is 18.5. The van der Waals surface area contributed by atoms with E-state index in [-0.39, 0.29) is 18.0 Å². The van der Waals surface area contributed by atoms with Crippen LogP contribution in [0.25, 0.3) is 11.0 Å². The van der Waals surface area contributed by atoms with Crippen LogP contribution in [0.3, 0.4) is 0 Å². The highest BCUT2D eigenvalue weighted by Gasteiger charge is 2.21.